The lowest BCUT2D eigenvalue weighted by molar-refractivity contribution is -0.669. The number of rotatable bonds is 4. The zero-order valence-electron chi connectivity index (χ0n) is 13.5. The maximum Gasteiger partial charge on any atom is 0.439 e. The van der Waals surface area contributed by atoms with E-state index in [1.165, 1.54) is 0 Å². The fraction of sp³-hybridized carbons (Fsp3) is 0.278. The van der Waals surface area contributed by atoms with Crippen molar-refractivity contribution < 1.29 is 9.28 Å². The molecule has 1 unspecified atom stereocenters. The van der Waals surface area contributed by atoms with E-state index in [2.05, 4.69) is 23.8 Å². The molecule has 1 aliphatic rings. The van der Waals surface area contributed by atoms with Crippen LogP contribution in [0, 0.1) is 0 Å². The van der Waals surface area contributed by atoms with Crippen molar-refractivity contribution in [2.24, 2.45) is 4.99 Å². The summed E-state index contributed by atoms with van der Waals surface area (Å²) in [4.78, 5) is 21.8. The van der Waals surface area contributed by atoms with Gasteiger partial charge < -0.3 is 0 Å². The van der Waals surface area contributed by atoms with Crippen LogP contribution >= 0.6 is 0 Å². The van der Waals surface area contributed by atoms with Crippen LogP contribution in [-0.2, 0) is 0 Å². The zero-order chi connectivity index (χ0) is 16.3. The molecule has 0 fully saturated rings. The number of hydrogen-bond donors (Lipinski definition) is 0. The summed E-state index contributed by atoms with van der Waals surface area (Å²) >= 11 is 0. The van der Waals surface area contributed by atoms with Gasteiger partial charge in [-0.2, -0.15) is 4.48 Å². The highest BCUT2D eigenvalue weighted by molar-refractivity contribution is 5.89. The molecule has 3 rings (SSSR count). The largest absolute Gasteiger partial charge is 0.439 e. The van der Waals surface area contributed by atoms with Gasteiger partial charge >= 0.3 is 6.03 Å². The van der Waals surface area contributed by atoms with Crippen molar-refractivity contribution >= 4 is 18.1 Å². The zero-order valence-corrected chi connectivity index (χ0v) is 13.5. The first kappa shape index (κ1) is 15.4. The molecule has 118 valence electrons. The van der Waals surface area contributed by atoms with Gasteiger partial charge in [0.1, 0.15) is 12.0 Å². The molecule has 0 aliphatic carbocycles. The van der Waals surface area contributed by atoms with Crippen LogP contribution in [0.2, 0.25) is 0 Å². The minimum Gasteiger partial charge on any atom is -0.245 e. The third-order valence-electron chi connectivity index (χ3n) is 4.11. The quantitative estimate of drug-likeness (QED) is 0.804. The van der Waals surface area contributed by atoms with E-state index in [0.717, 1.165) is 29.8 Å². The monoisotopic (exact) mass is 309 g/mol. The first-order valence-electron chi connectivity index (χ1n) is 7.98. The molecule has 0 saturated carbocycles. The van der Waals surface area contributed by atoms with Crippen molar-refractivity contribution in [2.75, 3.05) is 6.54 Å². The number of aromatic nitrogens is 2. The van der Waals surface area contributed by atoms with Crippen molar-refractivity contribution in [3.05, 3.63) is 60.3 Å². The molecule has 0 radical (unpaired) electrons. The van der Waals surface area contributed by atoms with Gasteiger partial charge in [-0.25, -0.2) is 19.3 Å². The van der Waals surface area contributed by atoms with Gasteiger partial charge in [0.05, 0.1) is 6.54 Å². The van der Waals surface area contributed by atoms with Crippen LogP contribution in [0.1, 0.15) is 32.3 Å². The van der Waals surface area contributed by atoms with Gasteiger partial charge in [0.25, 0.3) is 0 Å². The predicted molar refractivity (Wildman–Crippen MR) is 90.6 cm³/mol. The molecule has 5 nitrogen and oxygen atoms in total. The molecule has 1 aromatic carbocycles. The maximum atomic E-state index is 13.2. The molecule has 1 atom stereocenters. The number of hydrogen-bond acceptors (Lipinski definition) is 3. The van der Waals surface area contributed by atoms with Crippen LogP contribution in [0.3, 0.4) is 0 Å². The number of benzene rings is 1. The number of imidazole rings is 1. The molecule has 5 heteroatoms. The Morgan fingerprint density at radius 2 is 2.00 bits per heavy atom. The van der Waals surface area contributed by atoms with Crippen LogP contribution in [0.25, 0.3) is 5.70 Å². The molecule has 1 aliphatic heterocycles. The summed E-state index contributed by atoms with van der Waals surface area (Å²) in [6.07, 6.45) is 8.32. The SMILES string of the molecule is CCC[N+]1(C(=O)n2ccnc2)C=NC(CC)=C1c1ccccc1. The van der Waals surface area contributed by atoms with E-state index in [9.17, 15) is 4.79 Å². The first-order chi connectivity index (χ1) is 11.2. The van der Waals surface area contributed by atoms with Crippen LogP contribution in [0.5, 0.6) is 0 Å². The molecule has 2 heterocycles. The van der Waals surface area contributed by atoms with E-state index in [-0.39, 0.29) is 10.5 Å². The Kier molecular flexibility index (Phi) is 4.21. The normalized spacial score (nSPS) is 20.3. The molecule has 0 saturated heterocycles. The lowest BCUT2D eigenvalue weighted by Gasteiger charge is -2.29. The van der Waals surface area contributed by atoms with Crippen LogP contribution in [0.4, 0.5) is 4.79 Å². The summed E-state index contributed by atoms with van der Waals surface area (Å²) in [5.74, 6) is 0. The van der Waals surface area contributed by atoms with E-state index in [1.807, 2.05) is 30.3 Å². The van der Waals surface area contributed by atoms with E-state index >= 15 is 0 Å². The van der Waals surface area contributed by atoms with E-state index in [4.69, 9.17) is 0 Å². The highest BCUT2D eigenvalue weighted by Crippen LogP contribution is 2.37. The standard InChI is InChI=1S/C18H21N4O/c1-3-12-22(18(23)21-11-10-19-13-21)14-20-16(4-2)17(22)15-8-6-5-7-9-15/h5-11,13-14H,3-4,12H2,1-2H3/q+1. The molecule has 1 amide bonds. The van der Waals surface area contributed by atoms with E-state index in [1.54, 1.807) is 29.6 Å². The third kappa shape index (κ3) is 2.53. The highest BCUT2D eigenvalue weighted by Gasteiger charge is 2.46. The topological polar surface area (TPSA) is 47.2 Å². The van der Waals surface area contributed by atoms with Crippen molar-refractivity contribution in [2.45, 2.75) is 26.7 Å². The number of quaternary nitrogens is 1. The molecule has 0 bridgehead atoms. The predicted octanol–water partition coefficient (Wildman–Crippen LogP) is 3.90. The maximum absolute atomic E-state index is 13.2. The van der Waals surface area contributed by atoms with E-state index < -0.39 is 0 Å². The van der Waals surface area contributed by atoms with E-state index in [0.29, 0.717) is 6.54 Å². The number of carbonyl (C=O) groups excluding carboxylic acids is 1. The van der Waals surface area contributed by atoms with Crippen molar-refractivity contribution in [3.63, 3.8) is 0 Å². The highest BCUT2D eigenvalue weighted by atomic mass is 16.2. The van der Waals surface area contributed by atoms with Gasteiger partial charge in [-0.1, -0.05) is 32.0 Å². The number of amides is 1. The Morgan fingerprint density at radius 3 is 2.61 bits per heavy atom. The smallest absolute Gasteiger partial charge is 0.245 e. The van der Waals surface area contributed by atoms with Crippen LogP contribution in [-0.4, -0.2) is 32.9 Å². The van der Waals surface area contributed by atoms with Crippen molar-refractivity contribution in [1.82, 2.24) is 9.55 Å². The average Bonchev–Trinajstić information content (AvgIpc) is 3.23. The summed E-state index contributed by atoms with van der Waals surface area (Å²) in [5.41, 5.74) is 3.00. The van der Waals surface area contributed by atoms with Crippen molar-refractivity contribution in [1.29, 1.82) is 0 Å². The molecule has 23 heavy (non-hydrogen) atoms. The number of nitrogens with zero attached hydrogens (tertiary/aromatic N) is 4. The summed E-state index contributed by atoms with van der Waals surface area (Å²) in [6.45, 7) is 4.83. The Labute approximate surface area is 136 Å². The second-order valence-electron chi connectivity index (χ2n) is 5.60. The summed E-state index contributed by atoms with van der Waals surface area (Å²) in [6, 6.07) is 10.0. The molecule has 0 N–H and O–H groups in total. The average molecular weight is 309 g/mol. The second-order valence-corrected chi connectivity index (χ2v) is 5.60. The fourth-order valence-corrected chi connectivity index (χ4v) is 3.11. The molecular formula is C18H21N4O+. The lowest BCUT2D eigenvalue weighted by atomic mass is 10.1. The Balaban J connectivity index is 2.17. The molecule has 1 aromatic heterocycles. The summed E-state index contributed by atoms with van der Waals surface area (Å²) < 4.78 is 1.66. The Bertz CT molecular complexity index is 747. The van der Waals surface area contributed by atoms with Gasteiger partial charge in [-0.3, -0.25) is 0 Å². The third-order valence-corrected chi connectivity index (χ3v) is 4.11. The summed E-state index contributed by atoms with van der Waals surface area (Å²) in [5, 5.41) is 0. The minimum atomic E-state index is -0.0459. The van der Waals surface area contributed by atoms with Gasteiger partial charge in [-0.05, 0) is 25.0 Å². The van der Waals surface area contributed by atoms with Gasteiger partial charge in [0.2, 0.25) is 6.34 Å². The number of allylic oxidation sites excluding steroid dienone is 1. The Morgan fingerprint density at radius 1 is 1.22 bits per heavy atom. The molecule has 0 spiro atoms. The first-order valence-corrected chi connectivity index (χ1v) is 7.98. The molecule has 2 aromatic rings. The lowest BCUT2D eigenvalue weighted by Crippen LogP contribution is -2.51. The van der Waals surface area contributed by atoms with Gasteiger partial charge in [-0.15, -0.1) is 0 Å². The van der Waals surface area contributed by atoms with Crippen LogP contribution in [0.15, 0.2) is 59.7 Å². The number of aliphatic imine (C=N–C) groups is 1. The van der Waals surface area contributed by atoms with Crippen molar-refractivity contribution in [3.8, 4) is 0 Å². The minimum absolute atomic E-state index is 0.0459. The number of carbonyl (C=O) groups is 1. The van der Waals surface area contributed by atoms with Gasteiger partial charge in [0, 0.05) is 18.0 Å². The second kappa shape index (κ2) is 6.30. The Hall–Kier alpha value is -2.53. The van der Waals surface area contributed by atoms with Gasteiger partial charge in [0.15, 0.2) is 5.70 Å². The fourth-order valence-electron chi connectivity index (χ4n) is 3.11. The molecular weight excluding hydrogens is 288 g/mol. The summed E-state index contributed by atoms with van der Waals surface area (Å²) in [7, 11) is 0. The van der Waals surface area contributed by atoms with Crippen LogP contribution < -0.4 is 0 Å².